The highest BCUT2D eigenvalue weighted by atomic mass is 19.4. The summed E-state index contributed by atoms with van der Waals surface area (Å²) in [4.78, 5) is 18.6. The van der Waals surface area contributed by atoms with E-state index in [0.717, 1.165) is 29.3 Å². The van der Waals surface area contributed by atoms with Crippen molar-refractivity contribution < 1.29 is 18.0 Å². The maximum absolute atomic E-state index is 13.6. The van der Waals surface area contributed by atoms with Gasteiger partial charge in [-0.2, -0.15) is 13.2 Å². The van der Waals surface area contributed by atoms with Crippen LogP contribution in [0.3, 0.4) is 0 Å². The number of para-hydroxylation sites is 2. The molecule has 3 aromatic carbocycles. The first-order valence-electron chi connectivity index (χ1n) is 11.4. The fourth-order valence-corrected chi connectivity index (χ4v) is 4.79. The molecule has 34 heavy (non-hydrogen) atoms. The van der Waals surface area contributed by atoms with E-state index in [4.69, 9.17) is 0 Å². The van der Waals surface area contributed by atoms with Crippen LogP contribution in [-0.4, -0.2) is 40.0 Å². The fourth-order valence-electron chi connectivity index (χ4n) is 4.79. The molecule has 0 spiro atoms. The topological polar surface area (TPSA) is 50.2 Å². The molecule has 2 heterocycles. The molecular weight excluding hydrogens is 441 g/mol. The van der Waals surface area contributed by atoms with Crippen molar-refractivity contribution in [3.63, 3.8) is 0 Å². The van der Waals surface area contributed by atoms with Crippen molar-refractivity contribution in [2.75, 3.05) is 25.0 Å². The summed E-state index contributed by atoms with van der Waals surface area (Å²) < 4.78 is 42.1. The van der Waals surface area contributed by atoms with Gasteiger partial charge in [-0.1, -0.05) is 48.5 Å². The van der Waals surface area contributed by atoms with Gasteiger partial charge < -0.3 is 9.88 Å². The number of anilines is 1. The largest absolute Gasteiger partial charge is 0.449 e. The van der Waals surface area contributed by atoms with E-state index >= 15 is 0 Å². The zero-order valence-electron chi connectivity index (χ0n) is 18.6. The second-order valence-electron chi connectivity index (χ2n) is 8.83. The van der Waals surface area contributed by atoms with Crippen molar-refractivity contribution in [2.45, 2.75) is 25.6 Å². The van der Waals surface area contributed by atoms with Gasteiger partial charge in [0, 0.05) is 17.6 Å². The summed E-state index contributed by atoms with van der Waals surface area (Å²) in [5.41, 5.74) is 1.65. The standard InChI is InChI=1S/C26H25F3N4O/c27-26(28,29)25-31-22-9-3-4-11-23(22)33(25)16-18-12-14-32(15-13-18)17-24(34)30-21-10-5-7-19-6-1-2-8-20(19)21/h1-11,18H,12-17H2,(H,30,34). The van der Waals surface area contributed by atoms with Gasteiger partial charge in [-0.05, 0) is 55.4 Å². The molecule has 1 fully saturated rings. The average Bonchev–Trinajstić information content (AvgIpc) is 3.20. The maximum atomic E-state index is 13.6. The minimum absolute atomic E-state index is 0.0882. The van der Waals surface area contributed by atoms with Gasteiger partial charge >= 0.3 is 6.18 Å². The number of hydrogen-bond donors (Lipinski definition) is 1. The van der Waals surface area contributed by atoms with Crippen LogP contribution >= 0.6 is 0 Å². The van der Waals surface area contributed by atoms with Gasteiger partial charge in [-0.15, -0.1) is 0 Å². The number of piperidine rings is 1. The second kappa shape index (κ2) is 9.10. The van der Waals surface area contributed by atoms with E-state index in [1.807, 2.05) is 42.5 Å². The molecule has 5 rings (SSSR count). The van der Waals surface area contributed by atoms with Crippen molar-refractivity contribution in [1.29, 1.82) is 0 Å². The van der Waals surface area contributed by atoms with Gasteiger partial charge in [0.2, 0.25) is 11.7 Å². The van der Waals surface area contributed by atoms with Crippen molar-refractivity contribution in [3.05, 3.63) is 72.6 Å². The summed E-state index contributed by atoms with van der Waals surface area (Å²) in [5.74, 6) is -0.837. The molecule has 8 heteroatoms. The van der Waals surface area contributed by atoms with Crippen LogP contribution in [0.4, 0.5) is 18.9 Å². The van der Waals surface area contributed by atoms with Crippen LogP contribution < -0.4 is 5.32 Å². The molecule has 1 saturated heterocycles. The number of carbonyl (C=O) groups excluding carboxylic acids is 1. The van der Waals surface area contributed by atoms with Gasteiger partial charge in [0.1, 0.15) is 0 Å². The van der Waals surface area contributed by atoms with Crippen LogP contribution in [0, 0.1) is 5.92 Å². The van der Waals surface area contributed by atoms with Crippen LogP contribution in [-0.2, 0) is 17.5 Å². The number of likely N-dealkylation sites (tertiary alicyclic amines) is 1. The van der Waals surface area contributed by atoms with E-state index in [1.54, 1.807) is 24.3 Å². The Labute approximate surface area is 195 Å². The summed E-state index contributed by atoms with van der Waals surface area (Å²) in [6.45, 7) is 1.87. The lowest BCUT2D eigenvalue weighted by Crippen LogP contribution is -2.40. The minimum Gasteiger partial charge on any atom is -0.324 e. The Kier molecular flexibility index (Phi) is 6.00. The summed E-state index contributed by atoms with van der Waals surface area (Å²) in [5, 5.41) is 5.06. The number of halogens is 3. The Morgan fingerprint density at radius 1 is 0.971 bits per heavy atom. The van der Waals surface area contributed by atoms with Crippen LogP contribution in [0.2, 0.25) is 0 Å². The Hall–Kier alpha value is -3.39. The first-order valence-corrected chi connectivity index (χ1v) is 11.4. The predicted molar refractivity (Wildman–Crippen MR) is 126 cm³/mol. The summed E-state index contributed by atoms with van der Waals surface area (Å²) in [7, 11) is 0. The Morgan fingerprint density at radius 2 is 1.68 bits per heavy atom. The highest BCUT2D eigenvalue weighted by Gasteiger charge is 2.38. The van der Waals surface area contributed by atoms with E-state index in [9.17, 15) is 18.0 Å². The van der Waals surface area contributed by atoms with Crippen molar-refractivity contribution in [3.8, 4) is 0 Å². The molecule has 5 nitrogen and oxygen atoms in total. The number of nitrogens with one attached hydrogen (secondary N) is 1. The molecule has 4 aromatic rings. The average molecular weight is 467 g/mol. The lowest BCUT2D eigenvalue weighted by Gasteiger charge is -2.32. The molecule has 0 unspecified atom stereocenters. The number of amides is 1. The van der Waals surface area contributed by atoms with Gasteiger partial charge in [0.15, 0.2) is 0 Å². The van der Waals surface area contributed by atoms with E-state index in [2.05, 4.69) is 15.2 Å². The summed E-state index contributed by atoms with van der Waals surface area (Å²) >= 11 is 0. The lowest BCUT2D eigenvalue weighted by atomic mass is 9.96. The van der Waals surface area contributed by atoms with Crippen LogP contribution in [0.25, 0.3) is 21.8 Å². The molecule has 0 saturated carbocycles. The number of nitrogens with zero attached hydrogens (tertiary/aromatic N) is 3. The van der Waals surface area contributed by atoms with Crippen molar-refractivity contribution >= 4 is 33.4 Å². The monoisotopic (exact) mass is 466 g/mol. The highest BCUT2D eigenvalue weighted by Crippen LogP contribution is 2.33. The third-order valence-corrected chi connectivity index (χ3v) is 6.49. The molecule has 0 bridgehead atoms. The Morgan fingerprint density at radius 3 is 2.47 bits per heavy atom. The number of alkyl halides is 3. The van der Waals surface area contributed by atoms with E-state index in [0.29, 0.717) is 24.1 Å². The van der Waals surface area contributed by atoms with Gasteiger partial charge in [-0.25, -0.2) is 4.98 Å². The van der Waals surface area contributed by atoms with E-state index in [-0.39, 0.29) is 24.9 Å². The molecule has 1 aliphatic rings. The van der Waals surface area contributed by atoms with E-state index < -0.39 is 12.0 Å². The first-order chi connectivity index (χ1) is 16.4. The predicted octanol–water partition coefficient (Wildman–Crippen LogP) is 5.56. The number of aromatic nitrogens is 2. The molecule has 0 radical (unpaired) electrons. The van der Waals surface area contributed by atoms with Crippen LogP contribution in [0.1, 0.15) is 18.7 Å². The summed E-state index contributed by atoms with van der Waals surface area (Å²) in [6.07, 6.45) is -3.05. The number of imidazole rings is 1. The third kappa shape index (κ3) is 4.63. The number of fused-ring (bicyclic) bond motifs is 2. The number of benzene rings is 3. The molecule has 176 valence electrons. The Bertz CT molecular complexity index is 1320. The lowest BCUT2D eigenvalue weighted by molar-refractivity contribution is -0.147. The highest BCUT2D eigenvalue weighted by molar-refractivity contribution is 6.02. The fraction of sp³-hybridized carbons (Fsp3) is 0.308. The zero-order chi connectivity index (χ0) is 23.7. The van der Waals surface area contributed by atoms with Crippen LogP contribution in [0.5, 0.6) is 0 Å². The molecule has 1 aliphatic heterocycles. The zero-order valence-corrected chi connectivity index (χ0v) is 18.6. The van der Waals surface area contributed by atoms with E-state index in [1.165, 1.54) is 4.57 Å². The molecular formula is C26H25F3N4O. The van der Waals surface area contributed by atoms with Crippen molar-refractivity contribution in [2.24, 2.45) is 5.92 Å². The third-order valence-electron chi connectivity index (χ3n) is 6.49. The normalized spacial score (nSPS) is 15.7. The number of carbonyl (C=O) groups is 1. The second-order valence-corrected chi connectivity index (χ2v) is 8.83. The van der Waals surface area contributed by atoms with Gasteiger partial charge in [-0.3, -0.25) is 9.69 Å². The Balaban J connectivity index is 1.21. The SMILES string of the molecule is O=C(CN1CCC(Cn2c(C(F)(F)F)nc3ccccc32)CC1)Nc1cccc2ccccc12. The van der Waals surface area contributed by atoms with Gasteiger partial charge in [0.25, 0.3) is 0 Å². The first kappa shape index (κ1) is 22.4. The smallest absolute Gasteiger partial charge is 0.324 e. The number of hydrogen-bond acceptors (Lipinski definition) is 3. The number of rotatable bonds is 5. The molecule has 1 aromatic heterocycles. The summed E-state index contributed by atoms with van der Waals surface area (Å²) in [6, 6.07) is 20.4. The maximum Gasteiger partial charge on any atom is 0.449 e. The molecule has 1 N–H and O–H groups in total. The quantitative estimate of drug-likeness (QED) is 0.419. The molecule has 0 atom stereocenters. The molecule has 1 amide bonds. The van der Waals surface area contributed by atoms with Crippen LogP contribution in [0.15, 0.2) is 66.7 Å². The van der Waals surface area contributed by atoms with Gasteiger partial charge in [0.05, 0.1) is 17.6 Å². The van der Waals surface area contributed by atoms with Crippen molar-refractivity contribution in [1.82, 2.24) is 14.5 Å². The minimum atomic E-state index is -4.50. The molecule has 0 aliphatic carbocycles.